The van der Waals surface area contributed by atoms with Gasteiger partial charge in [0.1, 0.15) is 11.6 Å². The average molecular weight is 372 g/mol. The van der Waals surface area contributed by atoms with Crippen LogP contribution in [0.25, 0.3) is 0 Å². The Kier molecular flexibility index (Phi) is 6.22. The molecular formula is C22H26F2N2O. The van der Waals surface area contributed by atoms with Crippen molar-refractivity contribution < 1.29 is 13.6 Å². The summed E-state index contributed by atoms with van der Waals surface area (Å²) in [4.78, 5) is 14.1. The average Bonchev–Trinajstić information content (AvgIpc) is 2.63. The monoisotopic (exact) mass is 372 g/mol. The molecule has 1 fully saturated rings. The van der Waals surface area contributed by atoms with Crippen molar-refractivity contribution in [3.05, 3.63) is 70.8 Å². The normalized spacial score (nSPS) is 19.9. The Morgan fingerprint density at radius 1 is 1.19 bits per heavy atom. The van der Waals surface area contributed by atoms with Crippen LogP contribution in [0.2, 0.25) is 0 Å². The summed E-state index contributed by atoms with van der Waals surface area (Å²) in [7, 11) is 0. The molecule has 0 saturated carbocycles. The molecule has 2 atom stereocenters. The zero-order valence-corrected chi connectivity index (χ0v) is 15.8. The quantitative estimate of drug-likeness (QED) is 0.861. The Bertz CT molecular complexity index is 791. The second-order valence-electron chi connectivity index (χ2n) is 7.33. The zero-order valence-electron chi connectivity index (χ0n) is 15.8. The van der Waals surface area contributed by atoms with E-state index in [4.69, 9.17) is 0 Å². The van der Waals surface area contributed by atoms with E-state index in [9.17, 15) is 13.6 Å². The van der Waals surface area contributed by atoms with E-state index in [1.165, 1.54) is 23.3 Å². The molecule has 1 aliphatic rings. The fourth-order valence-electron chi connectivity index (χ4n) is 3.81. The van der Waals surface area contributed by atoms with E-state index >= 15 is 0 Å². The molecule has 1 amide bonds. The molecule has 0 aromatic heterocycles. The molecule has 2 aromatic rings. The largest absolute Gasteiger partial charge is 0.338 e. The first-order valence-corrected chi connectivity index (χ1v) is 9.44. The van der Waals surface area contributed by atoms with Gasteiger partial charge in [-0.1, -0.05) is 35.9 Å². The van der Waals surface area contributed by atoms with Crippen LogP contribution < -0.4 is 5.32 Å². The fourth-order valence-corrected chi connectivity index (χ4v) is 3.81. The van der Waals surface area contributed by atoms with Crippen LogP contribution in [-0.2, 0) is 17.8 Å². The number of amides is 1. The van der Waals surface area contributed by atoms with Crippen LogP contribution in [0.4, 0.5) is 8.78 Å². The van der Waals surface area contributed by atoms with Gasteiger partial charge < -0.3 is 10.2 Å². The molecule has 5 heteroatoms. The van der Waals surface area contributed by atoms with Crippen molar-refractivity contribution in [3.63, 3.8) is 0 Å². The number of piperidine rings is 1. The van der Waals surface area contributed by atoms with Gasteiger partial charge in [-0.3, -0.25) is 4.79 Å². The number of carbonyl (C=O) groups is 1. The fraction of sp³-hybridized carbons (Fsp3) is 0.409. The smallest absolute Gasteiger partial charge is 0.219 e. The summed E-state index contributed by atoms with van der Waals surface area (Å²) in [6.07, 6.45) is 2.58. The molecule has 3 nitrogen and oxygen atoms in total. The topological polar surface area (TPSA) is 32.3 Å². The molecule has 1 aliphatic heterocycles. The molecule has 0 spiro atoms. The lowest BCUT2D eigenvalue weighted by Gasteiger charge is -2.41. The highest BCUT2D eigenvalue weighted by Crippen LogP contribution is 2.23. The van der Waals surface area contributed by atoms with E-state index in [-0.39, 0.29) is 18.0 Å². The maximum atomic E-state index is 13.9. The molecule has 0 unspecified atom stereocenters. The number of halogens is 2. The predicted octanol–water partition coefficient (Wildman–Crippen LogP) is 3.99. The molecular weight excluding hydrogens is 346 g/mol. The number of carbonyl (C=O) groups excluding carboxylic acids is 1. The van der Waals surface area contributed by atoms with Crippen LogP contribution in [0.3, 0.4) is 0 Å². The van der Waals surface area contributed by atoms with Gasteiger partial charge in [0, 0.05) is 37.7 Å². The van der Waals surface area contributed by atoms with Crippen LogP contribution in [0.15, 0.2) is 42.5 Å². The predicted molar refractivity (Wildman–Crippen MR) is 102 cm³/mol. The lowest BCUT2D eigenvalue weighted by atomic mass is 9.90. The SMILES string of the molecule is CC(=O)N1CCC[C@H](NCc2ccc(F)cc2F)[C@@H]1Cc1ccc(C)cc1. The van der Waals surface area contributed by atoms with Gasteiger partial charge in [0.05, 0.1) is 6.04 Å². The van der Waals surface area contributed by atoms with Gasteiger partial charge in [0.25, 0.3) is 0 Å². The molecule has 1 heterocycles. The molecule has 1 saturated heterocycles. The summed E-state index contributed by atoms with van der Waals surface area (Å²) >= 11 is 0. The van der Waals surface area contributed by atoms with Crippen molar-refractivity contribution in [2.45, 2.75) is 51.7 Å². The van der Waals surface area contributed by atoms with Gasteiger partial charge >= 0.3 is 0 Å². The number of benzene rings is 2. The summed E-state index contributed by atoms with van der Waals surface area (Å²) in [6, 6.07) is 12.1. The Balaban J connectivity index is 1.75. The third-order valence-corrected chi connectivity index (χ3v) is 5.32. The molecule has 3 rings (SSSR count). The van der Waals surface area contributed by atoms with Gasteiger partial charge in [-0.2, -0.15) is 0 Å². The molecule has 2 aromatic carbocycles. The Morgan fingerprint density at radius 2 is 1.93 bits per heavy atom. The molecule has 1 N–H and O–H groups in total. The van der Waals surface area contributed by atoms with Gasteiger partial charge in [0.2, 0.25) is 5.91 Å². The minimum absolute atomic E-state index is 0.0162. The highest BCUT2D eigenvalue weighted by atomic mass is 19.1. The van der Waals surface area contributed by atoms with E-state index < -0.39 is 11.6 Å². The summed E-state index contributed by atoms with van der Waals surface area (Å²) in [5.41, 5.74) is 2.82. The summed E-state index contributed by atoms with van der Waals surface area (Å²) in [6.45, 7) is 4.71. The summed E-state index contributed by atoms with van der Waals surface area (Å²) in [5.74, 6) is -1.06. The number of rotatable bonds is 5. The molecule has 0 bridgehead atoms. The van der Waals surface area contributed by atoms with E-state index in [1.807, 2.05) is 11.8 Å². The van der Waals surface area contributed by atoms with Crippen LogP contribution in [-0.4, -0.2) is 29.4 Å². The van der Waals surface area contributed by atoms with E-state index in [2.05, 4.69) is 29.6 Å². The minimum atomic E-state index is -0.575. The van der Waals surface area contributed by atoms with Crippen LogP contribution >= 0.6 is 0 Å². The van der Waals surface area contributed by atoms with Crippen molar-refractivity contribution in [2.24, 2.45) is 0 Å². The number of aryl methyl sites for hydroxylation is 1. The number of likely N-dealkylation sites (tertiary alicyclic amines) is 1. The summed E-state index contributed by atoms with van der Waals surface area (Å²) in [5, 5.41) is 3.41. The van der Waals surface area contributed by atoms with E-state index in [1.54, 1.807) is 6.92 Å². The van der Waals surface area contributed by atoms with Gasteiger partial charge in [-0.15, -0.1) is 0 Å². The maximum absolute atomic E-state index is 13.9. The summed E-state index contributed by atoms with van der Waals surface area (Å²) < 4.78 is 27.1. The van der Waals surface area contributed by atoms with Crippen molar-refractivity contribution in [1.29, 1.82) is 0 Å². The zero-order chi connectivity index (χ0) is 19.4. The Hall–Kier alpha value is -2.27. The van der Waals surface area contributed by atoms with Crippen LogP contribution in [0, 0.1) is 18.6 Å². The second-order valence-corrected chi connectivity index (χ2v) is 7.33. The van der Waals surface area contributed by atoms with Gasteiger partial charge in [-0.25, -0.2) is 8.78 Å². The molecule has 27 heavy (non-hydrogen) atoms. The highest BCUT2D eigenvalue weighted by molar-refractivity contribution is 5.73. The first kappa shape index (κ1) is 19.5. The van der Waals surface area contributed by atoms with Gasteiger partial charge in [-0.05, 0) is 37.8 Å². The number of nitrogens with zero attached hydrogens (tertiary/aromatic N) is 1. The van der Waals surface area contributed by atoms with Crippen molar-refractivity contribution in [2.75, 3.05) is 6.54 Å². The first-order chi connectivity index (χ1) is 12.9. The Labute approximate surface area is 159 Å². The Morgan fingerprint density at radius 3 is 2.59 bits per heavy atom. The minimum Gasteiger partial charge on any atom is -0.338 e. The lowest BCUT2D eigenvalue weighted by molar-refractivity contribution is -0.133. The van der Waals surface area contributed by atoms with Crippen LogP contribution in [0.1, 0.15) is 36.5 Å². The number of hydrogen-bond acceptors (Lipinski definition) is 2. The molecule has 0 radical (unpaired) electrons. The maximum Gasteiger partial charge on any atom is 0.219 e. The third-order valence-electron chi connectivity index (χ3n) is 5.32. The second kappa shape index (κ2) is 8.61. The molecule has 144 valence electrons. The van der Waals surface area contributed by atoms with Gasteiger partial charge in [0.15, 0.2) is 0 Å². The van der Waals surface area contributed by atoms with E-state index in [0.717, 1.165) is 31.9 Å². The number of hydrogen-bond donors (Lipinski definition) is 1. The van der Waals surface area contributed by atoms with Crippen molar-refractivity contribution >= 4 is 5.91 Å². The van der Waals surface area contributed by atoms with Crippen molar-refractivity contribution in [1.82, 2.24) is 10.2 Å². The molecule has 0 aliphatic carbocycles. The first-order valence-electron chi connectivity index (χ1n) is 9.44. The van der Waals surface area contributed by atoms with Crippen molar-refractivity contribution in [3.8, 4) is 0 Å². The van der Waals surface area contributed by atoms with Crippen LogP contribution in [0.5, 0.6) is 0 Å². The van der Waals surface area contributed by atoms with E-state index in [0.29, 0.717) is 12.1 Å². The highest BCUT2D eigenvalue weighted by Gasteiger charge is 2.32. The number of nitrogens with one attached hydrogen (secondary N) is 1. The third kappa shape index (κ3) is 4.92. The lowest BCUT2D eigenvalue weighted by Crippen LogP contribution is -2.56. The standard InChI is InChI=1S/C22H26F2N2O/c1-15-5-7-17(8-6-15)12-22-21(4-3-11-26(22)16(2)27)25-14-18-9-10-19(23)13-20(18)24/h5-10,13,21-22,25H,3-4,11-12,14H2,1-2H3/t21-,22-/m0/s1.